The van der Waals surface area contributed by atoms with E-state index in [0.717, 1.165) is 53.7 Å². The van der Waals surface area contributed by atoms with Gasteiger partial charge in [0.2, 0.25) is 0 Å². The Bertz CT molecular complexity index is 846. The molecular formula is C18H19BrN4O. The van der Waals surface area contributed by atoms with Gasteiger partial charge in [-0.1, -0.05) is 24.3 Å². The molecule has 3 aromatic rings. The summed E-state index contributed by atoms with van der Waals surface area (Å²) in [5.74, 6) is 0. The third-order valence-corrected chi connectivity index (χ3v) is 5.12. The zero-order valence-corrected chi connectivity index (χ0v) is 14.9. The van der Waals surface area contributed by atoms with Gasteiger partial charge in [-0.3, -0.25) is 0 Å². The first kappa shape index (κ1) is 15.7. The van der Waals surface area contributed by atoms with E-state index in [9.17, 15) is 5.11 Å². The van der Waals surface area contributed by atoms with Gasteiger partial charge in [-0.05, 0) is 39.9 Å². The molecule has 124 valence electrons. The SMILES string of the molecule is OC1CCN(CCc2ccc(-c3cnc4c(Br)cnn4c3)cc2)C1. The normalized spacial score (nSPS) is 18.5. The van der Waals surface area contributed by atoms with Crippen LogP contribution in [0.5, 0.6) is 0 Å². The summed E-state index contributed by atoms with van der Waals surface area (Å²) in [5, 5.41) is 13.9. The van der Waals surface area contributed by atoms with Crippen LogP contribution in [0, 0.1) is 0 Å². The van der Waals surface area contributed by atoms with E-state index in [4.69, 9.17) is 0 Å². The van der Waals surface area contributed by atoms with Crippen molar-refractivity contribution in [3.05, 3.63) is 52.9 Å². The van der Waals surface area contributed by atoms with Crippen LogP contribution in [0.4, 0.5) is 0 Å². The van der Waals surface area contributed by atoms with Crippen molar-refractivity contribution in [1.29, 1.82) is 0 Å². The lowest BCUT2D eigenvalue weighted by molar-refractivity contribution is 0.177. The summed E-state index contributed by atoms with van der Waals surface area (Å²) < 4.78 is 2.68. The molecule has 2 aromatic heterocycles. The van der Waals surface area contributed by atoms with Crippen molar-refractivity contribution >= 4 is 21.6 Å². The second kappa shape index (κ2) is 6.63. The molecule has 1 aliphatic rings. The predicted molar refractivity (Wildman–Crippen MR) is 96.9 cm³/mol. The Morgan fingerprint density at radius 1 is 1.17 bits per heavy atom. The van der Waals surface area contributed by atoms with Crippen LogP contribution >= 0.6 is 15.9 Å². The number of nitrogens with zero attached hydrogens (tertiary/aromatic N) is 4. The minimum atomic E-state index is -0.142. The Kier molecular flexibility index (Phi) is 4.35. The summed E-state index contributed by atoms with van der Waals surface area (Å²) in [6.07, 6.45) is 7.40. The number of aromatic nitrogens is 3. The average Bonchev–Trinajstić information content (AvgIpc) is 3.19. The van der Waals surface area contributed by atoms with E-state index in [1.807, 2.05) is 12.4 Å². The fraction of sp³-hybridized carbons (Fsp3) is 0.333. The standard InChI is InChI=1S/C18H19BrN4O/c19-17-10-21-23-11-15(9-20-18(17)23)14-3-1-13(2-4-14)5-7-22-8-6-16(24)12-22/h1-4,9-11,16,24H,5-8,12H2. The molecule has 1 unspecified atom stereocenters. The maximum Gasteiger partial charge on any atom is 0.169 e. The highest BCUT2D eigenvalue weighted by Crippen LogP contribution is 2.22. The van der Waals surface area contributed by atoms with Crippen LogP contribution in [0.2, 0.25) is 0 Å². The number of likely N-dealkylation sites (tertiary alicyclic amines) is 1. The van der Waals surface area contributed by atoms with Crippen LogP contribution in [0.1, 0.15) is 12.0 Å². The zero-order chi connectivity index (χ0) is 16.5. The molecule has 0 amide bonds. The third kappa shape index (κ3) is 3.22. The van der Waals surface area contributed by atoms with Gasteiger partial charge in [0, 0.05) is 37.6 Å². The molecule has 0 aliphatic carbocycles. The molecule has 1 fully saturated rings. The Hall–Kier alpha value is -1.76. The molecule has 1 aliphatic heterocycles. The van der Waals surface area contributed by atoms with Crippen molar-refractivity contribution in [2.24, 2.45) is 0 Å². The monoisotopic (exact) mass is 386 g/mol. The largest absolute Gasteiger partial charge is 0.392 e. The minimum Gasteiger partial charge on any atom is -0.392 e. The number of hydrogen-bond acceptors (Lipinski definition) is 4. The zero-order valence-electron chi connectivity index (χ0n) is 13.3. The van der Waals surface area contributed by atoms with Gasteiger partial charge in [-0.25, -0.2) is 9.50 Å². The van der Waals surface area contributed by atoms with Crippen LogP contribution in [-0.4, -0.2) is 50.3 Å². The summed E-state index contributed by atoms with van der Waals surface area (Å²) in [6, 6.07) is 8.61. The first-order chi connectivity index (χ1) is 11.7. The second-order valence-corrected chi connectivity index (χ2v) is 7.15. The van der Waals surface area contributed by atoms with Gasteiger partial charge in [-0.15, -0.1) is 0 Å². The fourth-order valence-electron chi connectivity index (χ4n) is 3.16. The maximum atomic E-state index is 9.58. The molecule has 1 saturated heterocycles. The maximum absolute atomic E-state index is 9.58. The molecule has 0 bridgehead atoms. The van der Waals surface area contributed by atoms with Crippen molar-refractivity contribution < 1.29 is 5.11 Å². The van der Waals surface area contributed by atoms with E-state index in [1.165, 1.54) is 5.56 Å². The quantitative estimate of drug-likeness (QED) is 0.748. The topological polar surface area (TPSA) is 53.7 Å². The predicted octanol–water partition coefficient (Wildman–Crippen LogP) is 2.77. The summed E-state index contributed by atoms with van der Waals surface area (Å²) in [5.41, 5.74) is 4.32. The van der Waals surface area contributed by atoms with Gasteiger partial charge in [0.05, 0.1) is 16.8 Å². The first-order valence-electron chi connectivity index (χ1n) is 8.18. The minimum absolute atomic E-state index is 0.142. The summed E-state index contributed by atoms with van der Waals surface area (Å²) in [7, 11) is 0. The molecule has 0 radical (unpaired) electrons. The van der Waals surface area contributed by atoms with Crippen LogP contribution in [-0.2, 0) is 6.42 Å². The molecule has 0 saturated carbocycles. The molecular weight excluding hydrogens is 368 g/mol. The molecule has 1 atom stereocenters. The second-order valence-electron chi connectivity index (χ2n) is 6.29. The number of halogens is 1. The molecule has 0 spiro atoms. The molecule has 1 aromatic carbocycles. The lowest BCUT2D eigenvalue weighted by atomic mass is 10.1. The number of β-amino-alcohol motifs (C(OH)–C–C–N with tert-alkyl or cyclic N) is 1. The molecule has 5 nitrogen and oxygen atoms in total. The van der Waals surface area contributed by atoms with Gasteiger partial charge < -0.3 is 10.0 Å². The average molecular weight is 387 g/mol. The van der Waals surface area contributed by atoms with Gasteiger partial charge in [0.25, 0.3) is 0 Å². The van der Waals surface area contributed by atoms with Gasteiger partial charge in [-0.2, -0.15) is 5.10 Å². The summed E-state index contributed by atoms with van der Waals surface area (Å²) in [6.45, 7) is 2.82. The third-order valence-electron chi connectivity index (χ3n) is 4.56. The van der Waals surface area contributed by atoms with Crippen LogP contribution in [0.15, 0.2) is 47.3 Å². The van der Waals surface area contributed by atoms with Gasteiger partial charge in [0.1, 0.15) is 0 Å². The highest BCUT2D eigenvalue weighted by Gasteiger charge is 2.19. The van der Waals surface area contributed by atoms with E-state index in [1.54, 1.807) is 10.7 Å². The number of aliphatic hydroxyl groups excluding tert-OH is 1. The molecule has 3 heterocycles. The molecule has 6 heteroatoms. The van der Waals surface area contributed by atoms with Gasteiger partial charge >= 0.3 is 0 Å². The number of benzene rings is 1. The lowest BCUT2D eigenvalue weighted by Crippen LogP contribution is -2.24. The Labute approximate surface area is 149 Å². The number of fused-ring (bicyclic) bond motifs is 1. The van der Waals surface area contributed by atoms with Crippen molar-refractivity contribution in [3.63, 3.8) is 0 Å². The van der Waals surface area contributed by atoms with Crippen molar-refractivity contribution in [2.45, 2.75) is 18.9 Å². The highest BCUT2D eigenvalue weighted by atomic mass is 79.9. The van der Waals surface area contributed by atoms with E-state index < -0.39 is 0 Å². The molecule has 1 N–H and O–H groups in total. The number of hydrogen-bond donors (Lipinski definition) is 1. The molecule has 4 rings (SSSR count). The molecule has 24 heavy (non-hydrogen) atoms. The van der Waals surface area contributed by atoms with Crippen LogP contribution < -0.4 is 0 Å². The van der Waals surface area contributed by atoms with Crippen molar-refractivity contribution in [2.75, 3.05) is 19.6 Å². The van der Waals surface area contributed by atoms with E-state index in [2.05, 4.69) is 55.2 Å². The highest BCUT2D eigenvalue weighted by molar-refractivity contribution is 9.10. The van der Waals surface area contributed by atoms with E-state index >= 15 is 0 Å². The summed E-state index contributed by atoms with van der Waals surface area (Å²) >= 11 is 3.44. The van der Waals surface area contributed by atoms with Crippen molar-refractivity contribution in [3.8, 4) is 11.1 Å². The van der Waals surface area contributed by atoms with Gasteiger partial charge in [0.15, 0.2) is 5.65 Å². The van der Waals surface area contributed by atoms with Crippen molar-refractivity contribution in [1.82, 2.24) is 19.5 Å². The number of aliphatic hydroxyl groups is 1. The number of rotatable bonds is 4. The summed E-state index contributed by atoms with van der Waals surface area (Å²) in [4.78, 5) is 6.78. The lowest BCUT2D eigenvalue weighted by Gasteiger charge is -2.14. The van der Waals surface area contributed by atoms with E-state index in [-0.39, 0.29) is 6.10 Å². The Balaban J connectivity index is 1.46. The first-order valence-corrected chi connectivity index (χ1v) is 8.97. The smallest absolute Gasteiger partial charge is 0.169 e. The van der Waals surface area contributed by atoms with Crippen LogP contribution in [0.3, 0.4) is 0 Å². The van der Waals surface area contributed by atoms with E-state index in [0.29, 0.717) is 0 Å². The van der Waals surface area contributed by atoms with Crippen LogP contribution in [0.25, 0.3) is 16.8 Å². The fourth-order valence-corrected chi connectivity index (χ4v) is 3.54. The Morgan fingerprint density at radius 3 is 2.75 bits per heavy atom. The Morgan fingerprint density at radius 2 is 2.00 bits per heavy atom.